The third-order valence-electron chi connectivity index (χ3n) is 3.44. The van der Waals surface area contributed by atoms with E-state index in [1.807, 2.05) is 0 Å². The van der Waals surface area contributed by atoms with Gasteiger partial charge in [0.15, 0.2) is 5.78 Å². The third-order valence-corrected chi connectivity index (χ3v) is 3.44. The van der Waals surface area contributed by atoms with Crippen molar-refractivity contribution in [3.05, 3.63) is 35.1 Å². The van der Waals surface area contributed by atoms with Crippen molar-refractivity contribution >= 4 is 5.78 Å². The first-order valence-electron chi connectivity index (χ1n) is 5.96. The van der Waals surface area contributed by atoms with E-state index < -0.39 is 0 Å². The van der Waals surface area contributed by atoms with Crippen LogP contribution in [0.4, 0.5) is 4.39 Å². The van der Waals surface area contributed by atoms with Crippen molar-refractivity contribution in [1.82, 2.24) is 0 Å². The van der Waals surface area contributed by atoms with E-state index in [2.05, 4.69) is 0 Å². The molecule has 1 aromatic carbocycles. The van der Waals surface area contributed by atoms with E-state index >= 15 is 0 Å². The van der Waals surface area contributed by atoms with Gasteiger partial charge in [0.05, 0.1) is 0 Å². The van der Waals surface area contributed by atoms with Gasteiger partial charge in [-0.1, -0.05) is 25.7 Å². The maximum Gasteiger partial charge on any atom is 0.163 e. The fourth-order valence-electron chi connectivity index (χ4n) is 2.53. The zero-order chi connectivity index (χ0) is 11.5. The van der Waals surface area contributed by atoms with Crippen molar-refractivity contribution in [2.45, 2.75) is 39.0 Å². The summed E-state index contributed by atoms with van der Waals surface area (Å²) < 4.78 is 12.9. The molecule has 0 aliphatic heterocycles. The molecule has 0 amide bonds. The van der Waals surface area contributed by atoms with Gasteiger partial charge in [-0.15, -0.1) is 0 Å². The van der Waals surface area contributed by atoms with Gasteiger partial charge in [-0.05, 0) is 36.6 Å². The number of aryl methyl sites for hydroxylation is 1. The Balaban J connectivity index is 2.08. The minimum atomic E-state index is -0.269. The summed E-state index contributed by atoms with van der Waals surface area (Å²) in [5, 5.41) is 0. The van der Waals surface area contributed by atoms with Crippen molar-refractivity contribution in [2.24, 2.45) is 5.92 Å². The highest BCUT2D eigenvalue weighted by Crippen LogP contribution is 2.29. The molecule has 0 radical (unpaired) electrons. The Hall–Kier alpha value is -1.18. The number of benzene rings is 1. The van der Waals surface area contributed by atoms with Gasteiger partial charge < -0.3 is 0 Å². The molecule has 0 saturated heterocycles. The summed E-state index contributed by atoms with van der Waals surface area (Å²) in [6.07, 6.45) is 5.48. The quantitative estimate of drug-likeness (QED) is 0.706. The van der Waals surface area contributed by atoms with Crippen LogP contribution in [0.5, 0.6) is 0 Å². The molecule has 1 nitrogen and oxygen atoms in total. The summed E-state index contributed by atoms with van der Waals surface area (Å²) in [7, 11) is 0. The zero-order valence-electron chi connectivity index (χ0n) is 9.63. The first-order chi connectivity index (χ1) is 7.66. The molecule has 86 valence electrons. The predicted molar refractivity (Wildman–Crippen MR) is 62.0 cm³/mol. The SMILES string of the molecule is Cc1cc(F)ccc1C(=O)CC1CCCC1. The molecule has 1 aliphatic carbocycles. The Labute approximate surface area is 95.7 Å². The average Bonchev–Trinajstić information content (AvgIpc) is 2.70. The Morgan fingerprint density at radius 2 is 2.06 bits per heavy atom. The highest BCUT2D eigenvalue weighted by Gasteiger charge is 2.20. The maximum atomic E-state index is 12.9. The van der Waals surface area contributed by atoms with Crippen LogP contribution in [-0.4, -0.2) is 5.78 Å². The van der Waals surface area contributed by atoms with Gasteiger partial charge in [0.1, 0.15) is 5.82 Å². The van der Waals surface area contributed by atoms with Gasteiger partial charge >= 0.3 is 0 Å². The summed E-state index contributed by atoms with van der Waals surface area (Å²) in [5.41, 5.74) is 1.44. The highest BCUT2D eigenvalue weighted by atomic mass is 19.1. The molecule has 1 aromatic rings. The van der Waals surface area contributed by atoms with Crippen LogP contribution in [0.2, 0.25) is 0 Å². The van der Waals surface area contributed by atoms with Crippen molar-refractivity contribution < 1.29 is 9.18 Å². The van der Waals surface area contributed by atoms with Crippen LogP contribution in [0.15, 0.2) is 18.2 Å². The smallest absolute Gasteiger partial charge is 0.163 e. The number of carbonyl (C=O) groups excluding carboxylic acids is 1. The number of ketones is 1. The number of halogens is 1. The van der Waals surface area contributed by atoms with Gasteiger partial charge in [-0.25, -0.2) is 4.39 Å². The first kappa shape index (κ1) is 11.3. The molecule has 0 aromatic heterocycles. The van der Waals surface area contributed by atoms with E-state index in [9.17, 15) is 9.18 Å². The van der Waals surface area contributed by atoms with Crippen LogP contribution in [0.25, 0.3) is 0 Å². The average molecular weight is 220 g/mol. The first-order valence-corrected chi connectivity index (χ1v) is 5.96. The standard InChI is InChI=1S/C14H17FO/c1-10-8-12(15)6-7-13(10)14(16)9-11-4-2-3-5-11/h6-8,11H,2-5,9H2,1H3. The zero-order valence-corrected chi connectivity index (χ0v) is 9.63. The lowest BCUT2D eigenvalue weighted by Gasteiger charge is -2.09. The van der Waals surface area contributed by atoms with Crippen molar-refractivity contribution in [3.63, 3.8) is 0 Å². The second-order valence-corrected chi connectivity index (χ2v) is 4.74. The minimum Gasteiger partial charge on any atom is -0.294 e. The summed E-state index contributed by atoms with van der Waals surface area (Å²) in [6.45, 7) is 1.80. The molecular weight excluding hydrogens is 203 g/mol. The van der Waals surface area contributed by atoms with Crippen LogP contribution in [0.1, 0.15) is 48.0 Å². The molecule has 0 N–H and O–H groups in total. The number of hydrogen-bond acceptors (Lipinski definition) is 1. The van der Waals surface area contributed by atoms with E-state index in [4.69, 9.17) is 0 Å². The van der Waals surface area contributed by atoms with Crippen LogP contribution < -0.4 is 0 Å². The second kappa shape index (κ2) is 4.77. The maximum absolute atomic E-state index is 12.9. The third kappa shape index (κ3) is 2.49. The highest BCUT2D eigenvalue weighted by molar-refractivity contribution is 5.97. The monoisotopic (exact) mass is 220 g/mol. The molecule has 16 heavy (non-hydrogen) atoms. The van der Waals surface area contributed by atoms with Crippen LogP contribution in [-0.2, 0) is 0 Å². The number of Topliss-reactive ketones (excluding diaryl/α,β-unsaturated/α-hetero) is 1. The molecule has 0 spiro atoms. The second-order valence-electron chi connectivity index (χ2n) is 4.74. The molecule has 1 fully saturated rings. The fraction of sp³-hybridized carbons (Fsp3) is 0.500. The number of rotatable bonds is 3. The van der Waals surface area contributed by atoms with Crippen molar-refractivity contribution in [2.75, 3.05) is 0 Å². The molecule has 0 heterocycles. The number of hydrogen-bond donors (Lipinski definition) is 0. The summed E-state index contributed by atoms with van der Waals surface area (Å²) in [5.74, 6) is 0.455. The molecule has 2 heteroatoms. The Morgan fingerprint density at radius 1 is 1.38 bits per heavy atom. The van der Waals surface area contributed by atoms with Crippen molar-refractivity contribution in [3.8, 4) is 0 Å². The largest absolute Gasteiger partial charge is 0.294 e. The fourth-order valence-corrected chi connectivity index (χ4v) is 2.53. The van der Waals surface area contributed by atoms with E-state index in [1.54, 1.807) is 13.0 Å². The van der Waals surface area contributed by atoms with E-state index in [0.717, 1.165) is 5.56 Å². The van der Waals surface area contributed by atoms with Gasteiger partial charge in [0.2, 0.25) is 0 Å². The lowest BCUT2D eigenvalue weighted by Crippen LogP contribution is -2.07. The van der Waals surface area contributed by atoms with Crippen LogP contribution in [0, 0.1) is 18.7 Å². The van der Waals surface area contributed by atoms with Crippen molar-refractivity contribution in [1.29, 1.82) is 0 Å². The Morgan fingerprint density at radius 3 is 2.69 bits per heavy atom. The van der Waals surface area contributed by atoms with E-state index in [0.29, 0.717) is 17.9 Å². The van der Waals surface area contributed by atoms with Gasteiger partial charge in [-0.3, -0.25) is 4.79 Å². The molecule has 2 rings (SSSR count). The molecule has 1 saturated carbocycles. The van der Waals surface area contributed by atoms with E-state index in [1.165, 1.54) is 37.8 Å². The summed E-state index contributed by atoms with van der Waals surface area (Å²) in [4.78, 5) is 12.0. The number of carbonyl (C=O) groups is 1. The lowest BCUT2D eigenvalue weighted by atomic mass is 9.95. The minimum absolute atomic E-state index is 0.171. The Bertz CT molecular complexity index is 392. The summed E-state index contributed by atoms with van der Waals surface area (Å²) >= 11 is 0. The Kier molecular flexibility index (Phi) is 3.37. The molecule has 1 aliphatic rings. The molecule has 0 unspecified atom stereocenters. The molecule has 0 bridgehead atoms. The van der Waals surface area contributed by atoms with Gasteiger partial charge in [0.25, 0.3) is 0 Å². The van der Waals surface area contributed by atoms with E-state index in [-0.39, 0.29) is 11.6 Å². The van der Waals surface area contributed by atoms with Gasteiger partial charge in [0, 0.05) is 12.0 Å². The lowest BCUT2D eigenvalue weighted by molar-refractivity contribution is 0.0961. The summed E-state index contributed by atoms with van der Waals surface area (Å²) in [6, 6.07) is 4.42. The normalized spacial score (nSPS) is 16.6. The topological polar surface area (TPSA) is 17.1 Å². The van der Waals surface area contributed by atoms with Crippen LogP contribution in [0.3, 0.4) is 0 Å². The van der Waals surface area contributed by atoms with Crippen LogP contribution >= 0.6 is 0 Å². The molecule has 0 atom stereocenters. The van der Waals surface area contributed by atoms with Gasteiger partial charge in [-0.2, -0.15) is 0 Å². The molecular formula is C14H17FO. The predicted octanol–water partition coefficient (Wildman–Crippen LogP) is 3.90.